The molecule has 1 aliphatic rings. The molecule has 0 radical (unpaired) electrons. The Morgan fingerprint density at radius 3 is 2.67 bits per heavy atom. The molecule has 1 nitrogen and oxygen atoms in total. The molecule has 1 saturated carbocycles. The van der Waals surface area contributed by atoms with Crippen molar-refractivity contribution in [3.8, 4) is 0 Å². The number of hydrogen-bond acceptors (Lipinski definition) is 1. The van der Waals surface area contributed by atoms with Gasteiger partial charge in [0.15, 0.2) is 0 Å². The zero-order valence-corrected chi connectivity index (χ0v) is 5.97. The topological polar surface area (TPSA) is 17.1 Å². The first-order chi connectivity index (χ1) is 4.33. The zero-order chi connectivity index (χ0) is 6.69. The molecule has 0 heterocycles. The molecule has 0 N–H and O–H groups in total. The van der Waals surface area contributed by atoms with E-state index in [1.54, 1.807) is 0 Å². The highest BCUT2D eigenvalue weighted by Gasteiger charge is 2.17. The molecular weight excluding hydrogens is 112 g/mol. The van der Waals surface area contributed by atoms with Crippen molar-refractivity contribution in [1.29, 1.82) is 0 Å². The van der Waals surface area contributed by atoms with Gasteiger partial charge in [0, 0.05) is 5.92 Å². The first-order valence-electron chi connectivity index (χ1n) is 3.78. The molecule has 52 valence electrons. The quantitative estimate of drug-likeness (QED) is 0.491. The molecular formula is C8H14O. The Balaban J connectivity index is 2.31. The fraction of sp³-hybridized carbons (Fsp3) is 0.875. The first-order valence-corrected chi connectivity index (χ1v) is 3.78. The van der Waals surface area contributed by atoms with Crippen molar-refractivity contribution < 1.29 is 4.79 Å². The summed E-state index contributed by atoms with van der Waals surface area (Å²) in [4.78, 5) is 10.3. The molecule has 0 unspecified atom stereocenters. The van der Waals surface area contributed by atoms with Crippen LogP contribution in [-0.4, -0.2) is 6.29 Å². The molecule has 9 heavy (non-hydrogen) atoms. The van der Waals surface area contributed by atoms with E-state index in [1.165, 1.54) is 12.8 Å². The predicted molar refractivity (Wildman–Crippen MR) is 37.2 cm³/mol. The number of aldehydes is 1. The maximum atomic E-state index is 10.3. The first kappa shape index (κ1) is 6.79. The number of carbonyl (C=O) groups is 1. The van der Waals surface area contributed by atoms with Crippen molar-refractivity contribution in [2.45, 2.75) is 32.6 Å². The van der Waals surface area contributed by atoms with E-state index in [-0.39, 0.29) is 0 Å². The highest BCUT2D eigenvalue weighted by molar-refractivity contribution is 5.53. The molecule has 0 saturated heterocycles. The van der Waals surface area contributed by atoms with Crippen LogP contribution in [0.1, 0.15) is 32.6 Å². The van der Waals surface area contributed by atoms with E-state index in [0.717, 1.165) is 25.0 Å². The third-order valence-electron chi connectivity index (χ3n) is 2.17. The monoisotopic (exact) mass is 126 g/mol. The van der Waals surface area contributed by atoms with Crippen LogP contribution < -0.4 is 0 Å². The van der Waals surface area contributed by atoms with E-state index < -0.39 is 0 Å². The Labute approximate surface area is 56.4 Å². The van der Waals surface area contributed by atoms with Crippen LogP contribution in [0.4, 0.5) is 0 Å². The molecule has 1 aliphatic carbocycles. The van der Waals surface area contributed by atoms with Crippen LogP contribution >= 0.6 is 0 Å². The van der Waals surface area contributed by atoms with Crippen molar-refractivity contribution in [2.75, 3.05) is 0 Å². The summed E-state index contributed by atoms with van der Waals surface area (Å²) < 4.78 is 0. The molecule has 0 aromatic heterocycles. The van der Waals surface area contributed by atoms with E-state index in [9.17, 15) is 4.79 Å². The molecule has 0 aromatic rings. The van der Waals surface area contributed by atoms with Gasteiger partial charge < -0.3 is 4.79 Å². The van der Waals surface area contributed by atoms with Gasteiger partial charge >= 0.3 is 0 Å². The molecule has 0 aromatic carbocycles. The highest BCUT2D eigenvalue weighted by Crippen LogP contribution is 2.26. The predicted octanol–water partition coefficient (Wildman–Crippen LogP) is 2.01. The molecule has 0 aliphatic heterocycles. The van der Waals surface area contributed by atoms with Crippen LogP contribution in [-0.2, 0) is 4.79 Å². The van der Waals surface area contributed by atoms with Crippen molar-refractivity contribution in [3.63, 3.8) is 0 Å². The van der Waals surface area contributed by atoms with Crippen molar-refractivity contribution in [2.24, 2.45) is 11.8 Å². The van der Waals surface area contributed by atoms with Crippen LogP contribution in [0.15, 0.2) is 0 Å². The lowest BCUT2D eigenvalue weighted by Crippen LogP contribution is -2.13. The van der Waals surface area contributed by atoms with Crippen LogP contribution in [0, 0.1) is 11.8 Å². The summed E-state index contributed by atoms with van der Waals surface area (Å²) >= 11 is 0. The number of hydrogen-bond donors (Lipinski definition) is 0. The molecule has 0 bridgehead atoms. The maximum Gasteiger partial charge on any atom is 0.123 e. The molecule has 2 atom stereocenters. The maximum absolute atomic E-state index is 10.3. The standard InChI is InChI=1S/C8H14O/c1-7-3-2-4-8(5-7)6-9/h6-8H,2-5H2,1H3/t7-,8+/m0/s1. The fourth-order valence-corrected chi connectivity index (χ4v) is 1.60. The van der Waals surface area contributed by atoms with Gasteiger partial charge in [-0.25, -0.2) is 0 Å². The molecule has 1 fully saturated rings. The Morgan fingerprint density at radius 2 is 2.22 bits per heavy atom. The molecule has 0 spiro atoms. The number of rotatable bonds is 1. The van der Waals surface area contributed by atoms with Gasteiger partial charge in [0.2, 0.25) is 0 Å². The normalized spacial score (nSPS) is 36.1. The zero-order valence-electron chi connectivity index (χ0n) is 5.97. The van der Waals surface area contributed by atoms with Gasteiger partial charge in [-0.1, -0.05) is 19.8 Å². The van der Waals surface area contributed by atoms with Gasteiger partial charge in [0.1, 0.15) is 6.29 Å². The third kappa shape index (κ3) is 1.81. The molecule has 1 rings (SSSR count). The van der Waals surface area contributed by atoms with E-state index >= 15 is 0 Å². The van der Waals surface area contributed by atoms with Gasteiger partial charge in [0.25, 0.3) is 0 Å². The minimum atomic E-state index is 0.383. The highest BCUT2D eigenvalue weighted by atomic mass is 16.1. The Kier molecular flexibility index (Phi) is 2.26. The van der Waals surface area contributed by atoms with E-state index in [1.807, 2.05) is 0 Å². The summed E-state index contributed by atoms with van der Waals surface area (Å²) in [5, 5.41) is 0. The average Bonchev–Trinajstić information content (AvgIpc) is 1.88. The summed E-state index contributed by atoms with van der Waals surface area (Å²) in [6, 6.07) is 0. The van der Waals surface area contributed by atoms with Crippen molar-refractivity contribution >= 4 is 6.29 Å². The summed E-state index contributed by atoms with van der Waals surface area (Å²) in [7, 11) is 0. The van der Waals surface area contributed by atoms with Crippen LogP contribution in [0.3, 0.4) is 0 Å². The SMILES string of the molecule is C[C@H]1CCC[C@@H](C=O)C1. The van der Waals surface area contributed by atoms with Crippen LogP contribution in [0.25, 0.3) is 0 Å². The van der Waals surface area contributed by atoms with Crippen molar-refractivity contribution in [3.05, 3.63) is 0 Å². The largest absolute Gasteiger partial charge is 0.303 e. The summed E-state index contributed by atoms with van der Waals surface area (Å²) in [6.07, 6.45) is 5.96. The average molecular weight is 126 g/mol. The summed E-state index contributed by atoms with van der Waals surface area (Å²) in [6.45, 7) is 2.23. The van der Waals surface area contributed by atoms with Gasteiger partial charge in [-0.15, -0.1) is 0 Å². The second kappa shape index (κ2) is 3.00. The van der Waals surface area contributed by atoms with Crippen LogP contribution in [0.2, 0.25) is 0 Å². The lowest BCUT2D eigenvalue weighted by molar-refractivity contribution is -0.112. The Hall–Kier alpha value is -0.330. The second-order valence-electron chi connectivity index (χ2n) is 3.17. The summed E-state index contributed by atoms with van der Waals surface area (Å²) in [5.41, 5.74) is 0. The minimum Gasteiger partial charge on any atom is -0.303 e. The van der Waals surface area contributed by atoms with Gasteiger partial charge in [0.05, 0.1) is 0 Å². The van der Waals surface area contributed by atoms with Gasteiger partial charge in [-0.2, -0.15) is 0 Å². The van der Waals surface area contributed by atoms with E-state index in [0.29, 0.717) is 5.92 Å². The minimum absolute atomic E-state index is 0.383. The van der Waals surface area contributed by atoms with Gasteiger partial charge in [-0.3, -0.25) is 0 Å². The molecule has 0 amide bonds. The Bertz CT molecular complexity index is 98.7. The number of carbonyl (C=O) groups excluding carboxylic acids is 1. The smallest absolute Gasteiger partial charge is 0.123 e. The third-order valence-corrected chi connectivity index (χ3v) is 2.17. The molecule has 1 heteroatoms. The van der Waals surface area contributed by atoms with E-state index in [2.05, 4.69) is 6.92 Å². The van der Waals surface area contributed by atoms with Gasteiger partial charge in [-0.05, 0) is 18.8 Å². The fourth-order valence-electron chi connectivity index (χ4n) is 1.60. The van der Waals surface area contributed by atoms with Crippen molar-refractivity contribution in [1.82, 2.24) is 0 Å². The summed E-state index contributed by atoms with van der Waals surface area (Å²) in [5.74, 6) is 1.17. The van der Waals surface area contributed by atoms with E-state index in [4.69, 9.17) is 0 Å². The second-order valence-corrected chi connectivity index (χ2v) is 3.17. The Morgan fingerprint density at radius 1 is 1.44 bits per heavy atom. The lowest BCUT2D eigenvalue weighted by Gasteiger charge is -2.21. The lowest BCUT2D eigenvalue weighted by atomic mass is 9.83. The van der Waals surface area contributed by atoms with Crippen LogP contribution in [0.5, 0.6) is 0 Å².